The number of anilines is 1. The number of hydrogen-bond acceptors (Lipinski definition) is 8. The molecule has 0 spiro atoms. The van der Waals surface area contributed by atoms with Gasteiger partial charge in [0, 0.05) is 70.0 Å². The Balaban J connectivity index is 1.25. The minimum absolute atomic E-state index is 0.0700. The zero-order valence-electron chi connectivity index (χ0n) is 18.3. The number of pyridine rings is 2. The maximum absolute atomic E-state index is 12.7. The highest BCUT2D eigenvalue weighted by molar-refractivity contribution is 5.77. The van der Waals surface area contributed by atoms with Crippen LogP contribution >= 0.6 is 0 Å². The molecule has 0 aliphatic carbocycles. The highest BCUT2D eigenvalue weighted by Gasteiger charge is 2.21. The first kappa shape index (κ1) is 21.0. The van der Waals surface area contributed by atoms with E-state index in [0.29, 0.717) is 29.9 Å². The average molecular weight is 444 g/mol. The third-order valence-corrected chi connectivity index (χ3v) is 5.98. The second kappa shape index (κ2) is 8.91. The fourth-order valence-corrected chi connectivity index (χ4v) is 4.09. The van der Waals surface area contributed by atoms with Gasteiger partial charge >= 0.3 is 0 Å². The molecule has 1 saturated heterocycles. The molecule has 4 aromatic rings. The van der Waals surface area contributed by atoms with E-state index in [1.165, 1.54) is 4.68 Å². The van der Waals surface area contributed by atoms with Crippen LogP contribution in [0.2, 0.25) is 0 Å². The summed E-state index contributed by atoms with van der Waals surface area (Å²) in [6, 6.07) is 8.75. The van der Waals surface area contributed by atoms with Crippen LogP contribution in [-0.2, 0) is 13.6 Å². The van der Waals surface area contributed by atoms with E-state index in [1.54, 1.807) is 54.6 Å². The Morgan fingerprint density at radius 3 is 2.42 bits per heavy atom. The molecule has 1 aliphatic heterocycles. The van der Waals surface area contributed by atoms with Crippen molar-refractivity contribution in [1.82, 2.24) is 34.2 Å². The summed E-state index contributed by atoms with van der Waals surface area (Å²) < 4.78 is 3.12. The van der Waals surface area contributed by atoms with E-state index in [9.17, 15) is 9.59 Å². The molecule has 0 aromatic carbocycles. The molecule has 0 radical (unpaired) electrons. The third-order valence-electron chi connectivity index (χ3n) is 5.98. The number of aromatic nitrogens is 6. The summed E-state index contributed by atoms with van der Waals surface area (Å²) >= 11 is 0. The minimum Gasteiger partial charge on any atom is -0.340 e. The van der Waals surface area contributed by atoms with E-state index in [0.717, 1.165) is 37.4 Å². The predicted molar refractivity (Wildman–Crippen MR) is 125 cm³/mol. The first-order valence-electron chi connectivity index (χ1n) is 10.9. The van der Waals surface area contributed by atoms with E-state index in [4.69, 9.17) is 0 Å². The smallest absolute Gasteiger partial charge is 0.266 e. The van der Waals surface area contributed by atoms with Crippen LogP contribution in [0, 0.1) is 0 Å². The molecular formula is C23H24N8O2. The standard InChI is InChI=1S/C23H24N8O2/c1-28-22(33)18-6-9-25-16-20(18)26-23(28)30-13-10-29(11-14-30)12-15-31-21(32)3-2-19(27-31)17-4-7-24-8-5-17/h2-9,16H,10-15H2,1H3. The van der Waals surface area contributed by atoms with Crippen molar-refractivity contribution in [3.05, 3.63) is 75.8 Å². The zero-order chi connectivity index (χ0) is 22.8. The van der Waals surface area contributed by atoms with Crippen LogP contribution in [0.4, 0.5) is 5.95 Å². The van der Waals surface area contributed by atoms with Crippen molar-refractivity contribution in [2.45, 2.75) is 6.54 Å². The molecule has 168 valence electrons. The van der Waals surface area contributed by atoms with Crippen LogP contribution < -0.4 is 16.0 Å². The van der Waals surface area contributed by atoms with Gasteiger partial charge in [-0.1, -0.05) is 0 Å². The molecule has 5 rings (SSSR count). The van der Waals surface area contributed by atoms with Crippen molar-refractivity contribution in [2.75, 3.05) is 37.6 Å². The minimum atomic E-state index is -0.115. The summed E-state index contributed by atoms with van der Waals surface area (Å²) in [5.74, 6) is 0.656. The zero-order valence-corrected chi connectivity index (χ0v) is 18.3. The van der Waals surface area contributed by atoms with Crippen molar-refractivity contribution in [2.24, 2.45) is 7.05 Å². The molecule has 0 bridgehead atoms. The molecule has 1 fully saturated rings. The quantitative estimate of drug-likeness (QED) is 0.445. The van der Waals surface area contributed by atoms with Gasteiger partial charge in [0.05, 0.1) is 29.3 Å². The van der Waals surface area contributed by atoms with Gasteiger partial charge in [0.2, 0.25) is 5.95 Å². The SMILES string of the molecule is Cn1c(N2CCN(CCn3nc(-c4ccncc4)ccc3=O)CC2)nc2cnccc2c1=O. The number of nitrogens with zero attached hydrogens (tertiary/aromatic N) is 8. The first-order chi connectivity index (χ1) is 16.1. The maximum Gasteiger partial charge on any atom is 0.266 e. The molecule has 33 heavy (non-hydrogen) atoms. The lowest BCUT2D eigenvalue weighted by Gasteiger charge is -2.35. The second-order valence-electron chi connectivity index (χ2n) is 8.01. The Hall–Kier alpha value is -3.92. The fourth-order valence-electron chi connectivity index (χ4n) is 4.09. The van der Waals surface area contributed by atoms with E-state index in [2.05, 4.69) is 29.9 Å². The van der Waals surface area contributed by atoms with Gasteiger partial charge < -0.3 is 4.90 Å². The molecule has 5 heterocycles. The molecule has 10 nitrogen and oxygen atoms in total. The van der Waals surface area contributed by atoms with Crippen LogP contribution in [-0.4, -0.2) is 66.9 Å². The molecule has 0 atom stereocenters. The van der Waals surface area contributed by atoms with Gasteiger partial charge in [0.1, 0.15) is 0 Å². The van der Waals surface area contributed by atoms with Crippen molar-refractivity contribution >= 4 is 16.9 Å². The summed E-state index contributed by atoms with van der Waals surface area (Å²) in [5, 5.41) is 5.10. The molecule has 0 unspecified atom stereocenters. The highest BCUT2D eigenvalue weighted by atomic mass is 16.1. The lowest BCUT2D eigenvalue weighted by molar-refractivity contribution is 0.241. The lowest BCUT2D eigenvalue weighted by Crippen LogP contribution is -2.49. The predicted octanol–water partition coefficient (Wildman–Crippen LogP) is 0.769. The topological polar surface area (TPSA) is 102 Å². The van der Waals surface area contributed by atoms with Gasteiger partial charge in [-0.3, -0.25) is 29.0 Å². The van der Waals surface area contributed by atoms with Crippen LogP contribution in [0.5, 0.6) is 0 Å². The number of hydrogen-bond donors (Lipinski definition) is 0. The Morgan fingerprint density at radius 1 is 0.879 bits per heavy atom. The number of rotatable bonds is 5. The maximum atomic E-state index is 12.7. The van der Waals surface area contributed by atoms with Crippen LogP contribution in [0.3, 0.4) is 0 Å². The summed E-state index contributed by atoms with van der Waals surface area (Å²) in [6.45, 7) is 4.32. The van der Waals surface area contributed by atoms with Crippen molar-refractivity contribution in [3.8, 4) is 11.3 Å². The third kappa shape index (κ3) is 4.24. The summed E-state index contributed by atoms with van der Waals surface area (Å²) in [6.07, 6.45) is 6.66. The van der Waals surface area contributed by atoms with Gasteiger partial charge in [0.15, 0.2) is 0 Å². The average Bonchev–Trinajstić information content (AvgIpc) is 2.87. The van der Waals surface area contributed by atoms with Gasteiger partial charge in [-0.25, -0.2) is 9.67 Å². The summed E-state index contributed by atoms with van der Waals surface area (Å²) in [7, 11) is 1.75. The van der Waals surface area contributed by atoms with Gasteiger partial charge in [0.25, 0.3) is 11.1 Å². The number of piperazine rings is 1. The van der Waals surface area contributed by atoms with E-state index in [-0.39, 0.29) is 11.1 Å². The normalized spacial score (nSPS) is 14.6. The largest absolute Gasteiger partial charge is 0.340 e. The Bertz CT molecular complexity index is 1390. The molecule has 0 amide bonds. The summed E-state index contributed by atoms with van der Waals surface area (Å²) in [5.41, 5.74) is 2.10. The molecule has 4 aromatic heterocycles. The molecule has 10 heteroatoms. The van der Waals surface area contributed by atoms with Gasteiger partial charge in [-0.15, -0.1) is 0 Å². The Morgan fingerprint density at radius 2 is 1.64 bits per heavy atom. The van der Waals surface area contributed by atoms with E-state index in [1.807, 2.05) is 12.1 Å². The first-order valence-corrected chi connectivity index (χ1v) is 10.9. The highest BCUT2D eigenvalue weighted by Crippen LogP contribution is 2.16. The molecular weight excluding hydrogens is 420 g/mol. The van der Waals surface area contributed by atoms with E-state index >= 15 is 0 Å². The van der Waals surface area contributed by atoms with Crippen LogP contribution in [0.25, 0.3) is 22.2 Å². The van der Waals surface area contributed by atoms with Crippen LogP contribution in [0.15, 0.2) is 64.7 Å². The van der Waals surface area contributed by atoms with Gasteiger partial charge in [-0.05, 0) is 24.3 Å². The molecule has 0 saturated carbocycles. The van der Waals surface area contributed by atoms with Crippen LogP contribution in [0.1, 0.15) is 0 Å². The van der Waals surface area contributed by atoms with Gasteiger partial charge in [-0.2, -0.15) is 5.10 Å². The Kier molecular flexibility index (Phi) is 5.66. The lowest BCUT2D eigenvalue weighted by atomic mass is 10.2. The monoisotopic (exact) mass is 444 g/mol. The second-order valence-corrected chi connectivity index (χ2v) is 8.01. The Labute approximate surface area is 189 Å². The molecule has 0 N–H and O–H groups in total. The molecule has 1 aliphatic rings. The fraction of sp³-hybridized carbons (Fsp3) is 0.304. The number of fused-ring (bicyclic) bond motifs is 1. The van der Waals surface area contributed by atoms with E-state index < -0.39 is 0 Å². The van der Waals surface area contributed by atoms with Crippen molar-refractivity contribution in [3.63, 3.8) is 0 Å². The van der Waals surface area contributed by atoms with Crippen molar-refractivity contribution < 1.29 is 0 Å². The summed E-state index contributed by atoms with van der Waals surface area (Å²) in [4.78, 5) is 42.2. The van der Waals surface area contributed by atoms with Crippen molar-refractivity contribution in [1.29, 1.82) is 0 Å².